The van der Waals surface area contributed by atoms with E-state index in [1.165, 1.54) is 20.7 Å². The number of fused-ring (bicyclic) bond motifs is 1. The summed E-state index contributed by atoms with van der Waals surface area (Å²) in [6.45, 7) is 2.34. The first-order valence-electron chi connectivity index (χ1n) is 6.22. The number of hydrogen-bond donors (Lipinski definition) is 0. The SMILES string of the molecule is Cc1ccnc2cc(C3=CCB(C#N)CC3)sc12. The van der Waals surface area contributed by atoms with Gasteiger partial charge in [0.1, 0.15) is 0 Å². The van der Waals surface area contributed by atoms with Crippen molar-refractivity contribution in [3.05, 3.63) is 34.8 Å². The maximum absolute atomic E-state index is 8.91. The minimum atomic E-state index is 0.211. The van der Waals surface area contributed by atoms with Gasteiger partial charge in [0.05, 0.1) is 10.2 Å². The van der Waals surface area contributed by atoms with Crippen LogP contribution in [0.3, 0.4) is 0 Å². The van der Waals surface area contributed by atoms with Gasteiger partial charge < -0.3 is 0 Å². The van der Waals surface area contributed by atoms with Gasteiger partial charge >= 0.3 is 0 Å². The number of nitriles is 1. The first kappa shape index (κ1) is 11.5. The molecule has 2 nitrogen and oxygen atoms in total. The molecule has 0 aromatic carbocycles. The maximum atomic E-state index is 8.91. The summed E-state index contributed by atoms with van der Waals surface area (Å²) in [5.41, 5.74) is 3.78. The van der Waals surface area contributed by atoms with Crippen LogP contribution in [0.2, 0.25) is 12.6 Å². The summed E-state index contributed by atoms with van der Waals surface area (Å²) in [6.07, 6.45) is 7.01. The van der Waals surface area contributed by atoms with E-state index in [-0.39, 0.29) is 6.71 Å². The molecular formula is C14H13BN2S. The molecule has 3 heterocycles. The molecule has 18 heavy (non-hydrogen) atoms. The van der Waals surface area contributed by atoms with Crippen molar-refractivity contribution >= 4 is 33.8 Å². The van der Waals surface area contributed by atoms with E-state index >= 15 is 0 Å². The molecule has 0 saturated heterocycles. The molecule has 0 radical (unpaired) electrons. The third kappa shape index (κ3) is 1.95. The Bertz CT molecular complexity index is 666. The van der Waals surface area contributed by atoms with E-state index in [1.807, 2.05) is 17.5 Å². The third-order valence-corrected chi connectivity index (χ3v) is 4.85. The highest BCUT2D eigenvalue weighted by atomic mass is 32.1. The standard InChI is InChI=1S/C14H13BN2S/c1-10-4-7-17-12-8-13(18-14(10)12)11-2-5-15(9-16)6-3-11/h2,4,7-8H,3,5-6H2,1H3. The Balaban J connectivity index is 1.99. The Labute approximate surface area is 111 Å². The van der Waals surface area contributed by atoms with Crippen LogP contribution in [0.5, 0.6) is 0 Å². The van der Waals surface area contributed by atoms with Gasteiger partial charge in [-0.15, -0.1) is 11.3 Å². The van der Waals surface area contributed by atoms with Crippen molar-refractivity contribution < 1.29 is 0 Å². The van der Waals surface area contributed by atoms with E-state index in [0.717, 1.165) is 24.6 Å². The van der Waals surface area contributed by atoms with Crippen LogP contribution in [-0.2, 0) is 0 Å². The summed E-state index contributed by atoms with van der Waals surface area (Å²) < 4.78 is 1.29. The summed E-state index contributed by atoms with van der Waals surface area (Å²) in [6, 6.07) is 4.25. The molecule has 88 valence electrons. The maximum Gasteiger partial charge on any atom is 0.271 e. The van der Waals surface area contributed by atoms with Crippen LogP contribution in [0.1, 0.15) is 16.9 Å². The lowest BCUT2D eigenvalue weighted by Crippen LogP contribution is -2.11. The van der Waals surface area contributed by atoms with Crippen LogP contribution in [0, 0.1) is 18.2 Å². The smallest absolute Gasteiger partial charge is 0.255 e. The summed E-state index contributed by atoms with van der Waals surface area (Å²) in [4.78, 5) is 5.74. The molecule has 0 amide bonds. The van der Waals surface area contributed by atoms with Gasteiger partial charge in [-0.25, -0.2) is 5.26 Å². The molecule has 0 spiro atoms. The molecule has 1 aliphatic heterocycles. The second kappa shape index (κ2) is 4.58. The zero-order valence-corrected chi connectivity index (χ0v) is 11.1. The molecule has 1 aliphatic rings. The van der Waals surface area contributed by atoms with Crippen molar-refractivity contribution in [2.75, 3.05) is 0 Å². The first-order valence-corrected chi connectivity index (χ1v) is 7.04. The summed E-state index contributed by atoms with van der Waals surface area (Å²) in [5.74, 6) is 2.36. The predicted octanol–water partition coefficient (Wildman–Crippen LogP) is 3.95. The highest BCUT2D eigenvalue weighted by Gasteiger charge is 2.20. The average Bonchev–Trinajstić information content (AvgIpc) is 2.84. The van der Waals surface area contributed by atoms with Crippen molar-refractivity contribution in [2.24, 2.45) is 0 Å². The molecule has 0 bridgehead atoms. The fourth-order valence-corrected chi connectivity index (χ4v) is 3.55. The van der Waals surface area contributed by atoms with E-state index in [2.05, 4.69) is 36.1 Å². The number of rotatable bonds is 1. The summed E-state index contributed by atoms with van der Waals surface area (Å²) in [7, 11) is 0. The molecule has 4 heteroatoms. The molecule has 0 fully saturated rings. The largest absolute Gasteiger partial charge is 0.271 e. The van der Waals surface area contributed by atoms with Crippen molar-refractivity contribution in [3.8, 4) is 5.97 Å². The van der Waals surface area contributed by atoms with Crippen LogP contribution in [0.15, 0.2) is 24.4 Å². The predicted molar refractivity (Wildman–Crippen MR) is 77.9 cm³/mol. The molecule has 2 aromatic rings. The topological polar surface area (TPSA) is 36.7 Å². The molecular weight excluding hydrogens is 239 g/mol. The third-order valence-electron chi connectivity index (χ3n) is 3.52. The lowest BCUT2D eigenvalue weighted by atomic mass is 9.44. The zero-order valence-electron chi connectivity index (χ0n) is 10.3. The van der Waals surface area contributed by atoms with E-state index in [1.54, 1.807) is 0 Å². The van der Waals surface area contributed by atoms with Crippen molar-refractivity contribution in [3.63, 3.8) is 0 Å². The lowest BCUT2D eigenvalue weighted by Gasteiger charge is -2.12. The van der Waals surface area contributed by atoms with Gasteiger partial charge in [-0.1, -0.05) is 12.4 Å². The molecule has 2 aromatic heterocycles. The van der Waals surface area contributed by atoms with Gasteiger partial charge in [0.2, 0.25) is 0 Å². The van der Waals surface area contributed by atoms with Crippen molar-refractivity contribution in [2.45, 2.75) is 26.0 Å². The van der Waals surface area contributed by atoms with Crippen LogP contribution in [-0.4, -0.2) is 11.7 Å². The van der Waals surface area contributed by atoms with Crippen LogP contribution in [0.4, 0.5) is 0 Å². The van der Waals surface area contributed by atoms with E-state index in [0.29, 0.717) is 0 Å². The number of hydrogen-bond acceptors (Lipinski definition) is 3. The van der Waals surface area contributed by atoms with Gasteiger partial charge in [-0.05, 0) is 42.9 Å². The average molecular weight is 252 g/mol. The number of aromatic nitrogens is 1. The number of allylic oxidation sites excluding steroid dienone is 2. The first-order chi connectivity index (χ1) is 8.78. The Kier molecular flexibility index (Phi) is 2.93. The van der Waals surface area contributed by atoms with E-state index < -0.39 is 0 Å². The fraction of sp³-hybridized carbons (Fsp3) is 0.286. The van der Waals surface area contributed by atoms with E-state index in [4.69, 9.17) is 5.26 Å². The highest BCUT2D eigenvalue weighted by Crippen LogP contribution is 2.35. The Morgan fingerprint density at radius 1 is 1.50 bits per heavy atom. The molecule has 0 aliphatic carbocycles. The van der Waals surface area contributed by atoms with E-state index in [9.17, 15) is 0 Å². The fourth-order valence-electron chi connectivity index (χ4n) is 2.40. The van der Waals surface area contributed by atoms with Gasteiger partial charge in [0.15, 0.2) is 0 Å². The molecule has 0 saturated carbocycles. The second-order valence-corrected chi connectivity index (χ2v) is 5.83. The van der Waals surface area contributed by atoms with Gasteiger partial charge in [-0.2, -0.15) is 0 Å². The number of pyridine rings is 1. The minimum Gasteiger partial charge on any atom is -0.255 e. The number of nitrogens with zero attached hydrogens (tertiary/aromatic N) is 2. The van der Waals surface area contributed by atoms with Crippen molar-refractivity contribution in [1.82, 2.24) is 4.98 Å². The van der Waals surface area contributed by atoms with Crippen LogP contribution >= 0.6 is 11.3 Å². The normalized spacial score (nSPS) is 15.6. The lowest BCUT2D eigenvalue weighted by molar-refractivity contribution is 1.17. The van der Waals surface area contributed by atoms with Gasteiger partial charge in [0, 0.05) is 17.0 Å². The minimum absolute atomic E-state index is 0.211. The van der Waals surface area contributed by atoms with Gasteiger partial charge in [-0.3, -0.25) is 4.98 Å². The molecule has 0 N–H and O–H groups in total. The summed E-state index contributed by atoms with van der Waals surface area (Å²) >= 11 is 1.83. The molecule has 0 unspecified atom stereocenters. The molecule has 3 rings (SSSR count). The highest BCUT2D eigenvalue weighted by molar-refractivity contribution is 7.20. The number of aryl methyl sites for hydroxylation is 1. The second-order valence-electron chi connectivity index (χ2n) is 4.78. The Morgan fingerprint density at radius 3 is 3.06 bits per heavy atom. The number of thiophene rings is 1. The molecule has 0 atom stereocenters. The monoisotopic (exact) mass is 252 g/mol. The summed E-state index contributed by atoms with van der Waals surface area (Å²) in [5, 5.41) is 8.91. The van der Waals surface area contributed by atoms with Gasteiger partial charge in [0.25, 0.3) is 6.71 Å². The zero-order chi connectivity index (χ0) is 12.5. The quantitative estimate of drug-likeness (QED) is 0.720. The van der Waals surface area contributed by atoms with Crippen molar-refractivity contribution in [1.29, 1.82) is 5.26 Å². The Morgan fingerprint density at radius 2 is 2.39 bits per heavy atom. The van der Waals surface area contributed by atoms with Crippen LogP contribution in [0.25, 0.3) is 15.8 Å². The Hall–Kier alpha value is -1.60. The van der Waals surface area contributed by atoms with Crippen LogP contribution < -0.4 is 0 Å².